The Morgan fingerprint density at radius 3 is 2.52 bits per heavy atom. The van der Waals surface area contributed by atoms with E-state index in [1.807, 2.05) is 36.4 Å². The number of ether oxygens (including phenoxy) is 1. The third kappa shape index (κ3) is 5.85. The molecule has 0 saturated carbocycles. The fourth-order valence-corrected chi connectivity index (χ4v) is 3.42. The Morgan fingerprint density at radius 1 is 1.12 bits per heavy atom. The van der Waals surface area contributed by atoms with Crippen molar-refractivity contribution in [3.05, 3.63) is 71.8 Å². The molecule has 2 aromatic rings. The third-order valence-electron chi connectivity index (χ3n) is 3.19. The van der Waals surface area contributed by atoms with Crippen molar-refractivity contribution in [2.24, 2.45) is 0 Å². The number of hydrogen-bond donors (Lipinski definition) is 1. The Balaban J connectivity index is 2.00. The Labute approximate surface area is 148 Å². The highest BCUT2D eigenvalue weighted by atomic mass is 32.2. The largest absolute Gasteiger partial charge is 0.458 e. The lowest BCUT2D eigenvalue weighted by atomic mass is 10.2. The van der Waals surface area contributed by atoms with Crippen molar-refractivity contribution in [2.75, 3.05) is 6.61 Å². The van der Waals surface area contributed by atoms with Gasteiger partial charge >= 0.3 is 5.97 Å². The van der Waals surface area contributed by atoms with Crippen molar-refractivity contribution in [1.29, 1.82) is 0 Å². The van der Waals surface area contributed by atoms with E-state index in [1.54, 1.807) is 19.9 Å². The van der Waals surface area contributed by atoms with E-state index in [0.29, 0.717) is 0 Å². The van der Waals surface area contributed by atoms with E-state index in [4.69, 9.17) is 4.74 Å². The van der Waals surface area contributed by atoms with Crippen molar-refractivity contribution in [1.82, 2.24) is 4.72 Å². The summed E-state index contributed by atoms with van der Waals surface area (Å²) in [6.07, 6.45) is 3.58. The molecular weight excluding hydrogens is 338 g/mol. The molecule has 0 atom stereocenters. The van der Waals surface area contributed by atoms with E-state index >= 15 is 0 Å². The van der Waals surface area contributed by atoms with Gasteiger partial charge in [-0.15, -0.1) is 0 Å². The van der Waals surface area contributed by atoms with Gasteiger partial charge in [0.1, 0.15) is 6.61 Å². The Bertz CT molecular complexity index is 843. The molecule has 0 aliphatic carbocycles. The van der Waals surface area contributed by atoms with E-state index < -0.39 is 16.0 Å². The average Bonchev–Trinajstić information content (AvgIpc) is 2.58. The molecule has 0 aromatic heterocycles. The summed E-state index contributed by atoms with van der Waals surface area (Å²) in [5.74, 6) is -0.570. The second-order valence-electron chi connectivity index (χ2n) is 5.72. The van der Waals surface area contributed by atoms with E-state index in [1.165, 1.54) is 24.3 Å². The highest BCUT2D eigenvalue weighted by molar-refractivity contribution is 7.89. The molecule has 0 amide bonds. The summed E-state index contributed by atoms with van der Waals surface area (Å²) in [4.78, 5) is 12.1. The molecule has 0 aliphatic rings. The molecule has 5 nitrogen and oxygen atoms in total. The Kier molecular flexibility index (Phi) is 6.50. The number of sulfonamides is 1. The molecule has 0 radical (unpaired) electrons. The van der Waals surface area contributed by atoms with Crippen molar-refractivity contribution in [3.63, 3.8) is 0 Å². The SMILES string of the molecule is CC(C)NS(=O)(=O)c1cccc(C(=O)OC/C=C/c2ccccc2)c1. The zero-order valence-corrected chi connectivity index (χ0v) is 15.0. The normalized spacial score (nSPS) is 11.8. The third-order valence-corrected chi connectivity index (χ3v) is 4.85. The fraction of sp³-hybridized carbons (Fsp3) is 0.211. The van der Waals surface area contributed by atoms with Crippen LogP contribution < -0.4 is 4.72 Å². The maximum atomic E-state index is 12.2. The van der Waals surface area contributed by atoms with Crippen LogP contribution in [-0.2, 0) is 14.8 Å². The second-order valence-corrected chi connectivity index (χ2v) is 7.43. The Morgan fingerprint density at radius 2 is 1.84 bits per heavy atom. The summed E-state index contributed by atoms with van der Waals surface area (Å²) in [5, 5.41) is 0. The predicted molar refractivity (Wildman–Crippen MR) is 97.7 cm³/mol. The van der Waals surface area contributed by atoms with Gasteiger partial charge in [-0.05, 0) is 43.7 Å². The number of carbonyl (C=O) groups excluding carboxylic acids is 1. The smallest absolute Gasteiger partial charge is 0.338 e. The highest BCUT2D eigenvalue weighted by Gasteiger charge is 2.17. The van der Waals surface area contributed by atoms with Crippen molar-refractivity contribution in [2.45, 2.75) is 24.8 Å². The van der Waals surface area contributed by atoms with Gasteiger partial charge in [-0.3, -0.25) is 0 Å². The lowest BCUT2D eigenvalue weighted by Gasteiger charge is -2.10. The van der Waals surface area contributed by atoms with Crippen molar-refractivity contribution >= 4 is 22.1 Å². The summed E-state index contributed by atoms with van der Waals surface area (Å²) >= 11 is 0. The lowest BCUT2D eigenvalue weighted by Crippen LogP contribution is -2.30. The number of nitrogens with one attached hydrogen (secondary N) is 1. The molecule has 132 valence electrons. The first-order chi connectivity index (χ1) is 11.9. The zero-order chi connectivity index (χ0) is 18.3. The molecule has 6 heteroatoms. The van der Waals surface area contributed by atoms with Crippen LogP contribution in [0.25, 0.3) is 6.08 Å². The minimum Gasteiger partial charge on any atom is -0.458 e. The van der Waals surface area contributed by atoms with Gasteiger partial charge in [0.05, 0.1) is 10.5 Å². The van der Waals surface area contributed by atoms with Gasteiger partial charge < -0.3 is 4.74 Å². The molecule has 0 unspecified atom stereocenters. The zero-order valence-electron chi connectivity index (χ0n) is 14.2. The fourth-order valence-electron chi connectivity index (χ4n) is 2.12. The summed E-state index contributed by atoms with van der Waals surface area (Å²) in [6.45, 7) is 3.57. The summed E-state index contributed by atoms with van der Waals surface area (Å²) in [7, 11) is -3.65. The van der Waals surface area contributed by atoms with E-state index in [2.05, 4.69) is 4.72 Å². The summed E-state index contributed by atoms with van der Waals surface area (Å²) in [5.41, 5.74) is 1.20. The molecule has 0 fully saturated rings. The Hall–Kier alpha value is -2.44. The number of benzene rings is 2. The van der Waals surface area contributed by atoms with E-state index in [9.17, 15) is 13.2 Å². The van der Waals surface area contributed by atoms with Crippen LogP contribution in [0.5, 0.6) is 0 Å². The van der Waals surface area contributed by atoms with Gasteiger partial charge in [0.15, 0.2) is 0 Å². The molecule has 2 rings (SSSR count). The minimum atomic E-state index is -3.65. The number of rotatable bonds is 7. The number of esters is 1. The predicted octanol–water partition coefficient (Wildman–Crippen LogP) is 3.24. The van der Waals surface area contributed by atoms with Crippen molar-refractivity contribution < 1.29 is 17.9 Å². The lowest BCUT2D eigenvalue weighted by molar-refractivity contribution is 0.0550. The maximum Gasteiger partial charge on any atom is 0.338 e. The first-order valence-corrected chi connectivity index (χ1v) is 9.38. The molecular formula is C19H21NO4S. The first kappa shape index (κ1) is 18.9. The van der Waals surface area contributed by atoms with Gasteiger partial charge in [0.25, 0.3) is 0 Å². The standard InChI is InChI=1S/C19H21NO4S/c1-15(2)20-25(22,23)18-12-6-11-17(14-18)19(21)24-13-7-10-16-8-4-3-5-9-16/h3-12,14-15,20H,13H2,1-2H3/b10-7+. The van der Waals surface area contributed by atoms with Crippen LogP contribution in [0.1, 0.15) is 29.8 Å². The molecule has 1 N–H and O–H groups in total. The van der Waals surface area contributed by atoms with Crippen LogP contribution in [-0.4, -0.2) is 27.0 Å². The van der Waals surface area contributed by atoms with Gasteiger partial charge in [0, 0.05) is 6.04 Å². The minimum absolute atomic E-state index is 0.0375. The van der Waals surface area contributed by atoms with Crippen LogP contribution >= 0.6 is 0 Å². The topological polar surface area (TPSA) is 72.5 Å². The van der Waals surface area contributed by atoms with Crippen LogP contribution in [0, 0.1) is 0 Å². The number of carbonyl (C=O) groups is 1. The molecule has 0 spiro atoms. The second kappa shape index (κ2) is 8.60. The first-order valence-electron chi connectivity index (χ1n) is 7.89. The van der Waals surface area contributed by atoms with Crippen LogP contribution in [0.15, 0.2) is 65.6 Å². The monoisotopic (exact) mass is 359 g/mol. The van der Waals surface area contributed by atoms with Crippen molar-refractivity contribution in [3.8, 4) is 0 Å². The van der Waals surface area contributed by atoms with E-state index in [0.717, 1.165) is 5.56 Å². The average molecular weight is 359 g/mol. The molecule has 2 aromatic carbocycles. The molecule has 0 saturated heterocycles. The van der Waals surface area contributed by atoms with Gasteiger partial charge in [-0.2, -0.15) is 0 Å². The quantitative estimate of drug-likeness (QED) is 0.770. The summed E-state index contributed by atoms with van der Waals surface area (Å²) < 4.78 is 32.0. The van der Waals surface area contributed by atoms with Gasteiger partial charge in [-0.1, -0.05) is 42.5 Å². The van der Waals surface area contributed by atoms with Crippen LogP contribution in [0.2, 0.25) is 0 Å². The van der Waals surface area contributed by atoms with E-state index in [-0.39, 0.29) is 23.1 Å². The van der Waals surface area contributed by atoms with Gasteiger partial charge in [-0.25, -0.2) is 17.9 Å². The maximum absolute atomic E-state index is 12.2. The molecule has 0 bridgehead atoms. The number of hydrogen-bond acceptors (Lipinski definition) is 4. The molecule has 0 heterocycles. The molecule has 0 aliphatic heterocycles. The highest BCUT2D eigenvalue weighted by Crippen LogP contribution is 2.13. The van der Waals surface area contributed by atoms with Gasteiger partial charge in [0.2, 0.25) is 10.0 Å². The van der Waals surface area contributed by atoms with Crippen LogP contribution in [0.4, 0.5) is 0 Å². The molecule has 25 heavy (non-hydrogen) atoms. The summed E-state index contributed by atoms with van der Waals surface area (Å²) in [6, 6.07) is 15.2. The van der Waals surface area contributed by atoms with Crippen LogP contribution in [0.3, 0.4) is 0 Å².